The first-order chi connectivity index (χ1) is 7.19. The van der Waals surface area contributed by atoms with Crippen molar-refractivity contribution in [2.24, 2.45) is 5.73 Å². The van der Waals surface area contributed by atoms with Crippen molar-refractivity contribution in [1.29, 1.82) is 0 Å². The molecule has 15 heavy (non-hydrogen) atoms. The van der Waals surface area contributed by atoms with Gasteiger partial charge in [0.05, 0.1) is 6.61 Å². The Labute approximate surface area is 95.5 Å². The first-order valence-corrected chi connectivity index (χ1v) is 5.31. The van der Waals surface area contributed by atoms with Gasteiger partial charge in [0.2, 0.25) is 0 Å². The monoisotopic (exact) mass is 228 g/mol. The Morgan fingerprint density at radius 3 is 2.67 bits per heavy atom. The summed E-state index contributed by atoms with van der Waals surface area (Å²) in [5.74, 6) is 0. The van der Waals surface area contributed by atoms with Crippen LogP contribution in [0.2, 0.25) is 5.02 Å². The third kappa shape index (κ3) is 3.47. The van der Waals surface area contributed by atoms with E-state index in [-0.39, 0.29) is 12.6 Å². The van der Waals surface area contributed by atoms with Crippen molar-refractivity contribution in [3.63, 3.8) is 0 Å². The van der Waals surface area contributed by atoms with Gasteiger partial charge in [0.15, 0.2) is 0 Å². The third-order valence-corrected chi connectivity index (χ3v) is 2.85. The maximum absolute atomic E-state index is 9.09. The van der Waals surface area contributed by atoms with E-state index in [1.807, 2.05) is 36.2 Å². The van der Waals surface area contributed by atoms with Crippen molar-refractivity contribution in [1.82, 2.24) is 4.90 Å². The number of nitrogens with zero attached hydrogens (tertiary/aromatic N) is 1. The van der Waals surface area contributed by atoms with Crippen molar-refractivity contribution in [3.05, 3.63) is 34.9 Å². The predicted molar refractivity (Wildman–Crippen MR) is 62.8 cm³/mol. The number of hydrogen-bond acceptors (Lipinski definition) is 3. The second kappa shape index (κ2) is 6.08. The Bertz CT molecular complexity index is 302. The van der Waals surface area contributed by atoms with E-state index in [9.17, 15) is 0 Å². The highest BCUT2D eigenvalue weighted by Gasteiger charge is 2.12. The van der Waals surface area contributed by atoms with Gasteiger partial charge >= 0.3 is 0 Å². The van der Waals surface area contributed by atoms with Crippen LogP contribution in [0.25, 0.3) is 0 Å². The largest absolute Gasteiger partial charge is 0.395 e. The van der Waals surface area contributed by atoms with Crippen LogP contribution in [-0.4, -0.2) is 36.2 Å². The minimum Gasteiger partial charge on any atom is -0.395 e. The summed E-state index contributed by atoms with van der Waals surface area (Å²) < 4.78 is 0. The summed E-state index contributed by atoms with van der Waals surface area (Å²) in [5, 5.41) is 9.84. The summed E-state index contributed by atoms with van der Waals surface area (Å²) in [6, 6.07) is 7.68. The molecule has 0 spiro atoms. The molecule has 0 amide bonds. The Hall–Kier alpha value is -0.610. The van der Waals surface area contributed by atoms with Gasteiger partial charge in [-0.25, -0.2) is 0 Å². The van der Waals surface area contributed by atoms with E-state index in [4.69, 9.17) is 22.4 Å². The number of nitrogens with two attached hydrogens (primary N) is 1. The number of likely N-dealkylation sites (N-methyl/N-ethyl adjacent to an activating group) is 1. The highest BCUT2D eigenvalue weighted by molar-refractivity contribution is 6.31. The molecule has 3 N–H and O–H groups in total. The molecular weight excluding hydrogens is 212 g/mol. The number of aliphatic hydroxyl groups is 1. The number of halogens is 1. The zero-order valence-corrected chi connectivity index (χ0v) is 9.61. The Morgan fingerprint density at radius 2 is 2.13 bits per heavy atom. The summed E-state index contributed by atoms with van der Waals surface area (Å²) in [4.78, 5) is 2.00. The zero-order valence-electron chi connectivity index (χ0n) is 8.86. The lowest BCUT2D eigenvalue weighted by Gasteiger charge is -2.25. The van der Waals surface area contributed by atoms with Gasteiger partial charge in [-0.1, -0.05) is 29.8 Å². The highest BCUT2D eigenvalue weighted by Crippen LogP contribution is 2.17. The van der Waals surface area contributed by atoms with Gasteiger partial charge in [-0.3, -0.25) is 4.90 Å². The SMILES string of the molecule is CN(Cc1ccccc1Cl)C(CN)CO. The molecule has 4 heteroatoms. The number of aliphatic hydroxyl groups excluding tert-OH is 1. The molecule has 0 saturated heterocycles. The molecule has 1 rings (SSSR count). The van der Waals surface area contributed by atoms with Gasteiger partial charge in [-0.05, 0) is 18.7 Å². The lowest BCUT2D eigenvalue weighted by Crippen LogP contribution is -2.40. The fourth-order valence-electron chi connectivity index (χ4n) is 1.42. The minimum absolute atomic E-state index is 0.0127. The van der Waals surface area contributed by atoms with E-state index < -0.39 is 0 Å². The normalized spacial score (nSPS) is 13.1. The summed E-state index contributed by atoms with van der Waals surface area (Å²) in [6.45, 7) is 1.21. The Morgan fingerprint density at radius 1 is 1.47 bits per heavy atom. The van der Waals surface area contributed by atoms with Crippen LogP contribution in [-0.2, 0) is 6.54 Å². The molecule has 0 saturated carbocycles. The molecule has 0 aliphatic carbocycles. The number of rotatable bonds is 5. The molecule has 0 heterocycles. The van der Waals surface area contributed by atoms with E-state index in [1.54, 1.807) is 0 Å². The Balaban J connectivity index is 2.65. The molecule has 3 nitrogen and oxygen atoms in total. The van der Waals surface area contributed by atoms with Gasteiger partial charge in [-0.15, -0.1) is 0 Å². The van der Waals surface area contributed by atoms with E-state index in [0.717, 1.165) is 10.6 Å². The van der Waals surface area contributed by atoms with Crippen LogP contribution in [0, 0.1) is 0 Å². The van der Waals surface area contributed by atoms with Gasteiger partial charge in [0.25, 0.3) is 0 Å². The zero-order chi connectivity index (χ0) is 11.3. The van der Waals surface area contributed by atoms with E-state index in [1.165, 1.54) is 0 Å². The second-order valence-corrected chi connectivity index (χ2v) is 3.99. The number of hydrogen-bond donors (Lipinski definition) is 2. The minimum atomic E-state index is -0.0127. The molecule has 0 aliphatic heterocycles. The lowest BCUT2D eigenvalue weighted by molar-refractivity contribution is 0.146. The standard InChI is InChI=1S/C11H17ClN2O/c1-14(10(6-13)8-15)7-9-4-2-3-5-11(9)12/h2-5,10,15H,6-8,13H2,1H3. The van der Waals surface area contributed by atoms with Crippen LogP contribution in [0.3, 0.4) is 0 Å². The molecule has 0 radical (unpaired) electrons. The van der Waals surface area contributed by atoms with Crippen LogP contribution >= 0.6 is 11.6 Å². The van der Waals surface area contributed by atoms with E-state index in [2.05, 4.69) is 0 Å². The van der Waals surface area contributed by atoms with Crippen molar-refractivity contribution >= 4 is 11.6 Å². The summed E-state index contributed by atoms with van der Waals surface area (Å²) >= 11 is 6.04. The molecular formula is C11H17ClN2O. The average Bonchev–Trinajstić information content (AvgIpc) is 2.23. The molecule has 0 aliphatic rings. The van der Waals surface area contributed by atoms with Gasteiger partial charge in [-0.2, -0.15) is 0 Å². The fourth-order valence-corrected chi connectivity index (χ4v) is 1.61. The molecule has 84 valence electrons. The smallest absolute Gasteiger partial charge is 0.0599 e. The van der Waals surface area contributed by atoms with Crippen molar-refractivity contribution in [2.45, 2.75) is 12.6 Å². The lowest BCUT2D eigenvalue weighted by atomic mass is 10.2. The first-order valence-electron chi connectivity index (χ1n) is 4.93. The van der Waals surface area contributed by atoms with Crippen molar-refractivity contribution < 1.29 is 5.11 Å². The van der Waals surface area contributed by atoms with Gasteiger partial charge in [0.1, 0.15) is 0 Å². The molecule has 1 unspecified atom stereocenters. The Kier molecular flexibility index (Phi) is 5.05. The van der Waals surface area contributed by atoms with Crippen LogP contribution < -0.4 is 5.73 Å². The predicted octanol–water partition coefficient (Wildman–Crippen LogP) is 1.09. The van der Waals surface area contributed by atoms with Crippen molar-refractivity contribution in [3.8, 4) is 0 Å². The average molecular weight is 229 g/mol. The topological polar surface area (TPSA) is 49.5 Å². The van der Waals surface area contributed by atoms with Gasteiger partial charge in [0, 0.05) is 24.2 Å². The molecule has 1 aromatic carbocycles. The van der Waals surface area contributed by atoms with Crippen LogP contribution in [0.15, 0.2) is 24.3 Å². The maximum Gasteiger partial charge on any atom is 0.0599 e. The van der Waals surface area contributed by atoms with Crippen LogP contribution in [0.5, 0.6) is 0 Å². The summed E-state index contributed by atoms with van der Waals surface area (Å²) in [6.07, 6.45) is 0. The summed E-state index contributed by atoms with van der Waals surface area (Å²) in [5.41, 5.74) is 6.59. The first kappa shape index (κ1) is 12.5. The maximum atomic E-state index is 9.09. The quantitative estimate of drug-likeness (QED) is 0.794. The third-order valence-electron chi connectivity index (χ3n) is 2.48. The highest BCUT2D eigenvalue weighted by atomic mass is 35.5. The van der Waals surface area contributed by atoms with Crippen LogP contribution in [0.4, 0.5) is 0 Å². The van der Waals surface area contributed by atoms with Crippen LogP contribution in [0.1, 0.15) is 5.56 Å². The van der Waals surface area contributed by atoms with Crippen molar-refractivity contribution in [2.75, 3.05) is 20.2 Å². The molecule has 1 atom stereocenters. The van der Waals surface area contributed by atoms with Gasteiger partial charge < -0.3 is 10.8 Å². The van der Waals surface area contributed by atoms with E-state index >= 15 is 0 Å². The molecule has 1 aromatic rings. The fraction of sp³-hybridized carbons (Fsp3) is 0.455. The molecule has 0 bridgehead atoms. The van der Waals surface area contributed by atoms with E-state index in [0.29, 0.717) is 13.1 Å². The summed E-state index contributed by atoms with van der Waals surface area (Å²) in [7, 11) is 1.93. The number of benzene rings is 1. The second-order valence-electron chi connectivity index (χ2n) is 3.58. The molecule has 0 fully saturated rings. The molecule has 0 aromatic heterocycles.